The van der Waals surface area contributed by atoms with E-state index in [0.29, 0.717) is 12.0 Å². The van der Waals surface area contributed by atoms with Crippen LogP contribution in [-0.2, 0) is 14.1 Å². The zero-order chi connectivity index (χ0) is 17.0. The quantitative estimate of drug-likeness (QED) is 0.732. The molecule has 0 spiro atoms. The van der Waals surface area contributed by atoms with Gasteiger partial charge in [-0.2, -0.15) is 0 Å². The predicted octanol–water partition coefficient (Wildman–Crippen LogP) is 3.82. The second kappa shape index (κ2) is 5.43. The summed E-state index contributed by atoms with van der Waals surface area (Å²) in [5.41, 5.74) is -0.336. The molecule has 0 N–H and O–H groups in total. The number of amides is 1. The highest BCUT2D eigenvalue weighted by molar-refractivity contribution is 7.11. The van der Waals surface area contributed by atoms with Crippen LogP contribution in [0, 0.1) is 0 Å². The first kappa shape index (κ1) is 16.7. The largest absolute Gasteiger partial charge is 0.525 e. The second-order valence-electron chi connectivity index (χ2n) is 7.00. The molecule has 2 aliphatic rings. The van der Waals surface area contributed by atoms with Gasteiger partial charge in [-0.1, -0.05) is 0 Å². The summed E-state index contributed by atoms with van der Waals surface area (Å²) in [4.78, 5) is 14.5. The van der Waals surface area contributed by atoms with E-state index in [1.165, 1.54) is 11.3 Å². The number of carbonyl (C=O) groups excluding carboxylic acids is 1. The maximum Gasteiger partial charge on any atom is 0.525 e. The molecule has 1 fully saturated rings. The molecule has 0 atom stereocenters. The molecule has 0 aliphatic carbocycles. The van der Waals surface area contributed by atoms with E-state index in [0.717, 1.165) is 10.6 Å². The molecule has 0 radical (unpaired) electrons. The van der Waals surface area contributed by atoms with Crippen molar-refractivity contribution in [2.45, 2.75) is 51.7 Å². The second-order valence-corrected chi connectivity index (χ2v) is 7.92. The SMILES string of the molecule is CN1C(=O)CCC(=C(F)B2OC(C)(C)C(C)(C)O2)c2sccc21. The van der Waals surface area contributed by atoms with Crippen molar-refractivity contribution in [3.8, 4) is 0 Å². The van der Waals surface area contributed by atoms with Crippen LogP contribution >= 0.6 is 11.3 Å². The monoisotopic (exact) mass is 337 g/mol. The smallest absolute Gasteiger partial charge is 0.398 e. The number of rotatable bonds is 1. The molecule has 2 aliphatic heterocycles. The Morgan fingerprint density at radius 3 is 2.48 bits per heavy atom. The molecule has 1 amide bonds. The molecule has 3 heterocycles. The van der Waals surface area contributed by atoms with Crippen molar-refractivity contribution in [2.24, 2.45) is 0 Å². The molecule has 1 saturated heterocycles. The number of carbonyl (C=O) groups is 1. The Hall–Kier alpha value is -1.18. The molecule has 0 aromatic carbocycles. The Kier molecular flexibility index (Phi) is 3.94. The summed E-state index contributed by atoms with van der Waals surface area (Å²) in [5, 5.41) is 1.87. The first-order valence-corrected chi connectivity index (χ1v) is 8.60. The van der Waals surface area contributed by atoms with Crippen LogP contribution in [0.25, 0.3) is 5.57 Å². The molecule has 4 nitrogen and oxygen atoms in total. The van der Waals surface area contributed by atoms with Crippen LogP contribution in [-0.4, -0.2) is 31.3 Å². The predicted molar refractivity (Wildman–Crippen MR) is 91.1 cm³/mol. The molecule has 124 valence electrons. The molecule has 0 unspecified atom stereocenters. The van der Waals surface area contributed by atoms with E-state index in [-0.39, 0.29) is 12.3 Å². The van der Waals surface area contributed by atoms with Crippen molar-refractivity contribution in [3.05, 3.63) is 22.0 Å². The van der Waals surface area contributed by atoms with Crippen LogP contribution in [0.15, 0.2) is 17.2 Å². The van der Waals surface area contributed by atoms with Gasteiger partial charge in [-0.25, -0.2) is 4.39 Å². The van der Waals surface area contributed by atoms with Gasteiger partial charge in [0.1, 0.15) is 5.73 Å². The molecule has 0 bridgehead atoms. The van der Waals surface area contributed by atoms with E-state index >= 15 is 4.39 Å². The topological polar surface area (TPSA) is 38.8 Å². The maximum absolute atomic E-state index is 15.2. The van der Waals surface area contributed by atoms with E-state index < -0.39 is 24.0 Å². The Balaban J connectivity index is 2.02. The van der Waals surface area contributed by atoms with Crippen LogP contribution in [0.2, 0.25) is 0 Å². The van der Waals surface area contributed by atoms with Gasteiger partial charge in [-0.15, -0.1) is 11.3 Å². The van der Waals surface area contributed by atoms with E-state index in [1.807, 2.05) is 39.1 Å². The number of halogens is 1. The normalized spacial score (nSPS) is 25.4. The molecular weight excluding hydrogens is 316 g/mol. The fraction of sp³-hybridized carbons (Fsp3) is 0.562. The standard InChI is InChI=1S/C16H21BFNO3S/c1-15(2)16(3,4)22-17(21-15)14(18)10-6-7-12(20)19(5)11-8-9-23-13(10)11/h8-9H,6-7H2,1-5H3. The summed E-state index contributed by atoms with van der Waals surface area (Å²) in [6.07, 6.45) is 0.632. The molecule has 3 rings (SSSR count). The number of hydrogen-bond donors (Lipinski definition) is 0. The fourth-order valence-electron chi connectivity index (χ4n) is 2.76. The maximum atomic E-state index is 15.2. The first-order chi connectivity index (χ1) is 10.6. The zero-order valence-corrected chi connectivity index (χ0v) is 14.9. The minimum atomic E-state index is -1.02. The summed E-state index contributed by atoms with van der Waals surface area (Å²) >= 11 is 1.44. The lowest BCUT2D eigenvalue weighted by Crippen LogP contribution is -2.41. The van der Waals surface area contributed by atoms with Crippen molar-refractivity contribution >= 4 is 35.6 Å². The fourth-order valence-corrected chi connectivity index (χ4v) is 3.76. The van der Waals surface area contributed by atoms with Gasteiger partial charge in [0.25, 0.3) is 0 Å². The van der Waals surface area contributed by atoms with Crippen molar-refractivity contribution in [2.75, 3.05) is 11.9 Å². The third-order valence-corrected chi connectivity index (χ3v) is 5.95. The Morgan fingerprint density at radius 1 is 1.26 bits per heavy atom. The van der Waals surface area contributed by atoms with Crippen molar-refractivity contribution < 1.29 is 18.5 Å². The average molecular weight is 337 g/mol. The Morgan fingerprint density at radius 2 is 1.87 bits per heavy atom. The van der Waals surface area contributed by atoms with E-state index in [2.05, 4.69) is 0 Å². The van der Waals surface area contributed by atoms with Gasteiger partial charge >= 0.3 is 7.12 Å². The van der Waals surface area contributed by atoms with Crippen LogP contribution in [0.4, 0.5) is 10.1 Å². The van der Waals surface area contributed by atoms with Gasteiger partial charge < -0.3 is 14.2 Å². The van der Waals surface area contributed by atoms with Crippen molar-refractivity contribution in [1.82, 2.24) is 0 Å². The van der Waals surface area contributed by atoms with Crippen LogP contribution in [0.3, 0.4) is 0 Å². The lowest BCUT2D eigenvalue weighted by atomic mass is 9.83. The molecule has 1 aromatic heterocycles. The summed E-state index contributed by atoms with van der Waals surface area (Å²) in [5.74, 6) is -0.0126. The first-order valence-electron chi connectivity index (χ1n) is 7.72. The van der Waals surface area contributed by atoms with Crippen LogP contribution in [0.1, 0.15) is 45.4 Å². The van der Waals surface area contributed by atoms with Crippen molar-refractivity contribution in [1.29, 1.82) is 0 Å². The summed E-state index contributed by atoms with van der Waals surface area (Å²) in [7, 11) is 0.701. The molecule has 23 heavy (non-hydrogen) atoms. The number of hydrogen-bond acceptors (Lipinski definition) is 4. The van der Waals surface area contributed by atoms with Crippen LogP contribution in [0.5, 0.6) is 0 Å². The minimum absolute atomic E-state index is 0.0126. The van der Waals surface area contributed by atoms with E-state index in [9.17, 15) is 4.79 Å². The zero-order valence-electron chi connectivity index (χ0n) is 14.1. The third-order valence-electron chi connectivity index (χ3n) is 4.99. The van der Waals surface area contributed by atoms with Crippen LogP contribution < -0.4 is 4.90 Å². The number of thiophene rings is 1. The summed E-state index contributed by atoms with van der Waals surface area (Å²) < 4.78 is 26.8. The number of anilines is 1. The highest BCUT2D eigenvalue weighted by atomic mass is 32.1. The molecule has 7 heteroatoms. The third kappa shape index (κ3) is 2.64. The number of nitrogens with zero attached hydrogens (tertiary/aromatic N) is 1. The summed E-state index contributed by atoms with van der Waals surface area (Å²) in [6, 6.07) is 1.85. The lowest BCUT2D eigenvalue weighted by molar-refractivity contribution is -0.118. The lowest BCUT2D eigenvalue weighted by Gasteiger charge is -2.32. The number of fused-ring (bicyclic) bond motifs is 1. The van der Waals surface area contributed by atoms with Gasteiger partial charge in [-0.05, 0) is 51.1 Å². The average Bonchev–Trinajstić information content (AvgIpc) is 2.98. The van der Waals surface area contributed by atoms with E-state index in [4.69, 9.17) is 9.31 Å². The van der Waals surface area contributed by atoms with Crippen molar-refractivity contribution in [3.63, 3.8) is 0 Å². The molecule has 1 aromatic rings. The highest BCUT2D eigenvalue weighted by Gasteiger charge is 2.53. The minimum Gasteiger partial charge on any atom is -0.398 e. The Bertz CT molecular complexity index is 667. The van der Waals surface area contributed by atoms with Gasteiger partial charge in [0.05, 0.1) is 21.8 Å². The van der Waals surface area contributed by atoms with Gasteiger partial charge in [0, 0.05) is 13.5 Å². The van der Waals surface area contributed by atoms with Gasteiger partial charge in [-0.3, -0.25) is 4.79 Å². The van der Waals surface area contributed by atoms with Gasteiger partial charge in [0.2, 0.25) is 5.91 Å². The number of allylic oxidation sites excluding steroid dienone is 1. The Labute approximate surface area is 140 Å². The van der Waals surface area contributed by atoms with E-state index in [1.54, 1.807) is 11.9 Å². The van der Waals surface area contributed by atoms with Gasteiger partial charge in [0.15, 0.2) is 0 Å². The molecular formula is C16H21BFNO3S. The highest BCUT2D eigenvalue weighted by Crippen LogP contribution is 2.44. The summed E-state index contributed by atoms with van der Waals surface area (Å²) in [6.45, 7) is 7.58. The molecule has 0 saturated carbocycles.